The summed E-state index contributed by atoms with van der Waals surface area (Å²) in [5.41, 5.74) is 0. The van der Waals surface area contributed by atoms with Crippen LogP contribution in [0.25, 0.3) is 0 Å². The molecule has 6 heteroatoms. The highest BCUT2D eigenvalue weighted by atomic mass is 32.1. The number of nitrogens with zero attached hydrogens (tertiary/aromatic N) is 2. The topological polar surface area (TPSA) is 51.7 Å². The third-order valence-corrected chi connectivity index (χ3v) is 3.66. The molecule has 0 N–H and O–H groups in total. The Morgan fingerprint density at radius 3 is 2.94 bits per heavy atom. The Labute approximate surface area is 104 Å². The highest BCUT2D eigenvalue weighted by Crippen LogP contribution is 2.33. The second kappa shape index (κ2) is 5.46. The van der Waals surface area contributed by atoms with Crippen molar-refractivity contribution in [3.05, 3.63) is 11.1 Å². The highest BCUT2D eigenvalue weighted by Gasteiger charge is 2.31. The van der Waals surface area contributed by atoms with Crippen LogP contribution in [-0.4, -0.2) is 44.4 Å². The summed E-state index contributed by atoms with van der Waals surface area (Å²) in [6.07, 6.45) is 3.96. The first-order valence-corrected chi connectivity index (χ1v) is 6.37. The fourth-order valence-electron chi connectivity index (χ4n) is 1.60. The molecule has 5 nitrogen and oxygen atoms in total. The molecule has 17 heavy (non-hydrogen) atoms. The average Bonchev–Trinajstić information content (AvgIpc) is 3.06. The predicted molar refractivity (Wildman–Crippen MR) is 65.7 cm³/mol. The van der Waals surface area contributed by atoms with Crippen molar-refractivity contribution < 1.29 is 14.3 Å². The molecule has 2 rings (SSSR count). The van der Waals surface area contributed by atoms with Crippen LogP contribution in [0.4, 0.5) is 5.13 Å². The fraction of sp³-hybridized carbons (Fsp3) is 0.636. The van der Waals surface area contributed by atoms with Gasteiger partial charge in [-0.25, -0.2) is 9.78 Å². The highest BCUT2D eigenvalue weighted by molar-refractivity contribution is 7.17. The molecule has 0 atom stereocenters. The molecule has 1 aliphatic carbocycles. The molecule has 0 bridgehead atoms. The lowest BCUT2D eigenvalue weighted by Gasteiger charge is -2.20. The summed E-state index contributed by atoms with van der Waals surface area (Å²) >= 11 is 1.38. The number of esters is 1. The lowest BCUT2D eigenvalue weighted by molar-refractivity contribution is 0.0606. The van der Waals surface area contributed by atoms with E-state index in [1.165, 1.54) is 31.3 Å². The molecule has 94 valence electrons. The first kappa shape index (κ1) is 12.3. The molecule has 0 unspecified atom stereocenters. The van der Waals surface area contributed by atoms with Gasteiger partial charge in [0.25, 0.3) is 0 Å². The van der Waals surface area contributed by atoms with Gasteiger partial charge in [0.2, 0.25) is 0 Å². The SMILES string of the molecule is COCCN(c1ncc(C(=O)OC)s1)C1CC1. The van der Waals surface area contributed by atoms with Gasteiger partial charge in [0.05, 0.1) is 19.9 Å². The van der Waals surface area contributed by atoms with E-state index in [4.69, 9.17) is 4.74 Å². The summed E-state index contributed by atoms with van der Waals surface area (Å²) in [4.78, 5) is 18.4. The molecule has 1 heterocycles. The summed E-state index contributed by atoms with van der Waals surface area (Å²) < 4.78 is 9.77. The molecule has 0 saturated heterocycles. The van der Waals surface area contributed by atoms with Crippen molar-refractivity contribution in [1.29, 1.82) is 0 Å². The zero-order valence-corrected chi connectivity index (χ0v) is 10.8. The maximum Gasteiger partial charge on any atom is 0.349 e. The van der Waals surface area contributed by atoms with Crippen LogP contribution in [0, 0.1) is 0 Å². The van der Waals surface area contributed by atoms with E-state index in [1.807, 2.05) is 0 Å². The lowest BCUT2D eigenvalue weighted by Crippen LogP contribution is -2.29. The van der Waals surface area contributed by atoms with E-state index >= 15 is 0 Å². The molecule has 0 amide bonds. The number of carbonyl (C=O) groups excluding carboxylic acids is 1. The summed E-state index contributed by atoms with van der Waals surface area (Å²) in [5, 5.41) is 0.880. The number of hydrogen-bond acceptors (Lipinski definition) is 6. The Morgan fingerprint density at radius 2 is 2.35 bits per heavy atom. The zero-order chi connectivity index (χ0) is 12.3. The van der Waals surface area contributed by atoms with Gasteiger partial charge < -0.3 is 14.4 Å². The Bertz CT molecular complexity index is 390. The van der Waals surface area contributed by atoms with Gasteiger partial charge in [-0.2, -0.15) is 0 Å². The average molecular weight is 256 g/mol. The van der Waals surface area contributed by atoms with Crippen LogP contribution >= 0.6 is 11.3 Å². The second-order valence-electron chi connectivity index (χ2n) is 3.92. The van der Waals surface area contributed by atoms with Crippen LogP contribution in [0.5, 0.6) is 0 Å². The van der Waals surface area contributed by atoms with Crippen LogP contribution in [0.15, 0.2) is 6.20 Å². The van der Waals surface area contributed by atoms with E-state index in [0.29, 0.717) is 17.5 Å². The first-order valence-electron chi connectivity index (χ1n) is 5.56. The first-order chi connectivity index (χ1) is 8.26. The van der Waals surface area contributed by atoms with E-state index in [2.05, 4.69) is 14.6 Å². The number of methoxy groups -OCH3 is 2. The quantitative estimate of drug-likeness (QED) is 0.723. The van der Waals surface area contributed by atoms with Crippen molar-refractivity contribution in [3.8, 4) is 0 Å². The number of rotatable bonds is 6. The van der Waals surface area contributed by atoms with Gasteiger partial charge in [-0.1, -0.05) is 11.3 Å². The molecular weight excluding hydrogens is 240 g/mol. The summed E-state index contributed by atoms with van der Waals surface area (Å²) in [6.45, 7) is 1.49. The summed E-state index contributed by atoms with van der Waals surface area (Å²) in [7, 11) is 3.07. The minimum absolute atomic E-state index is 0.323. The van der Waals surface area contributed by atoms with E-state index in [1.54, 1.807) is 13.3 Å². The predicted octanol–water partition coefficient (Wildman–Crippen LogP) is 1.54. The van der Waals surface area contributed by atoms with E-state index in [0.717, 1.165) is 11.7 Å². The Morgan fingerprint density at radius 1 is 1.59 bits per heavy atom. The minimum Gasteiger partial charge on any atom is -0.465 e. The van der Waals surface area contributed by atoms with Crippen molar-refractivity contribution >= 4 is 22.4 Å². The summed E-state index contributed by atoms with van der Waals surface area (Å²) in [6, 6.07) is 0.557. The molecule has 1 fully saturated rings. The van der Waals surface area contributed by atoms with Crippen molar-refractivity contribution in [1.82, 2.24) is 4.98 Å². The number of anilines is 1. The van der Waals surface area contributed by atoms with E-state index in [9.17, 15) is 4.79 Å². The molecular formula is C11H16N2O3S. The van der Waals surface area contributed by atoms with E-state index < -0.39 is 0 Å². The molecule has 1 saturated carbocycles. The van der Waals surface area contributed by atoms with Gasteiger partial charge >= 0.3 is 5.97 Å². The third kappa shape index (κ3) is 2.95. The maximum atomic E-state index is 11.4. The monoisotopic (exact) mass is 256 g/mol. The molecule has 0 aliphatic heterocycles. The van der Waals surface area contributed by atoms with E-state index in [-0.39, 0.29) is 5.97 Å². The van der Waals surface area contributed by atoms with Gasteiger partial charge in [0.15, 0.2) is 5.13 Å². The normalized spacial score (nSPS) is 14.7. The van der Waals surface area contributed by atoms with Crippen LogP contribution < -0.4 is 4.90 Å². The molecule has 1 aromatic rings. The van der Waals surface area contributed by atoms with Gasteiger partial charge in [-0.15, -0.1) is 0 Å². The van der Waals surface area contributed by atoms with Crippen LogP contribution in [0.2, 0.25) is 0 Å². The maximum absolute atomic E-state index is 11.4. The van der Waals surface area contributed by atoms with Gasteiger partial charge in [0, 0.05) is 19.7 Å². The molecule has 1 aromatic heterocycles. The van der Waals surface area contributed by atoms with Crippen molar-refractivity contribution in [2.24, 2.45) is 0 Å². The Hall–Kier alpha value is -1.14. The number of ether oxygens (including phenoxy) is 2. The van der Waals surface area contributed by atoms with Gasteiger partial charge in [-0.05, 0) is 12.8 Å². The summed E-state index contributed by atoms with van der Waals surface area (Å²) in [5.74, 6) is -0.323. The lowest BCUT2D eigenvalue weighted by atomic mass is 10.5. The number of hydrogen-bond donors (Lipinski definition) is 0. The van der Waals surface area contributed by atoms with Crippen LogP contribution in [0.3, 0.4) is 0 Å². The number of thiazole rings is 1. The van der Waals surface area contributed by atoms with Gasteiger partial charge in [0.1, 0.15) is 4.88 Å². The third-order valence-electron chi connectivity index (χ3n) is 2.65. The smallest absolute Gasteiger partial charge is 0.349 e. The zero-order valence-electron chi connectivity index (χ0n) is 10.0. The van der Waals surface area contributed by atoms with Crippen molar-refractivity contribution in [2.45, 2.75) is 18.9 Å². The van der Waals surface area contributed by atoms with Crippen LogP contribution in [0.1, 0.15) is 22.5 Å². The largest absolute Gasteiger partial charge is 0.465 e. The number of carbonyl (C=O) groups is 1. The Balaban J connectivity index is 2.07. The Kier molecular flexibility index (Phi) is 3.96. The molecule has 1 aliphatic rings. The fourth-order valence-corrected chi connectivity index (χ4v) is 2.53. The standard InChI is InChI=1S/C11H16N2O3S/c1-15-6-5-13(8-3-4-8)11-12-7-9(17-11)10(14)16-2/h7-8H,3-6H2,1-2H3. The molecule has 0 aromatic carbocycles. The second-order valence-corrected chi connectivity index (χ2v) is 4.93. The van der Waals surface area contributed by atoms with Crippen molar-refractivity contribution in [3.63, 3.8) is 0 Å². The molecule has 0 spiro atoms. The van der Waals surface area contributed by atoms with Crippen molar-refractivity contribution in [2.75, 3.05) is 32.3 Å². The minimum atomic E-state index is -0.323. The van der Waals surface area contributed by atoms with Gasteiger partial charge in [-0.3, -0.25) is 0 Å². The molecule has 0 radical (unpaired) electrons. The number of aromatic nitrogens is 1. The van der Waals surface area contributed by atoms with Crippen LogP contribution in [-0.2, 0) is 9.47 Å².